The van der Waals surface area contributed by atoms with Crippen LogP contribution in [0.4, 0.5) is 15.8 Å². The number of aromatic amines is 1. The molecule has 0 saturated carbocycles. The molecule has 2 heterocycles. The maximum absolute atomic E-state index is 14.3. The molecule has 0 radical (unpaired) electrons. The first-order valence-corrected chi connectivity index (χ1v) is 7.48. The average molecular weight is 345 g/mol. The minimum absolute atomic E-state index is 0.0909. The summed E-state index contributed by atoms with van der Waals surface area (Å²) in [7, 11) is 0. The molecule has 8 heteroatoms. The molecule has 0 aliphatic carbocycles. The summed E-state index contributed by atoms with van der Waals surface area (Å²) in [6.45, 7) is 0. The molecule has 6 nitrogen and oxygen atoms in total. The van der Waals surface area contributed by atoms with Crippen LogP contribution < -0.4 is 10.6 Å². The number of nitrogens with one attached hydrogen (secondary N) is 1. The lowest BCUT2D eigenvalue weighted by atomic mass is 10.2. The van der Waals surface area contributed by atoms with Crippen LogP contribution in [-0.4, -0.2) is 20.7 Å². The SMILES string of the molecule is O=C1Cc2n[nH]c(=O)n2-c2ccc(Cl)cc2N1c1ccccc1F. The summed E-state index contributed by atoms with van der Waals surface area (Å²) in [5.41, 5.74) is 0.340. The zero-order valence-corrected chi connectivity index (χ0v) is 12.9. The van der Waals surface area contributed by atoms with Gasteiger partial charge < -0.3 is 0 Å². The van der Waals surface area contributed by atoms with Crippen molar-refractivity contribution in [1.82, 2.24) is 14.8 Å². The summed E-state index contributed by atoms with van der Waals surface area (Å²) >= 11 is 6.07. The summed E-state index contributed by atoms with van der Waals surface area (Å²) in [5, 5.41) is 6.58. The molecule has 0 fully saturated rings. The van der Waals surface area contributed by atoms with Crippen molar-refractivity contribution in [1.29, 1.82) is 0 Å². The van der Waals surface area contributed by atoms with Gasteiger partial charge in [-0.3, -0.25) is 9.69 Å². The Morgan fingerprint density at radius 3 is 2.67 bits per heavy atom. The largest absolute Gasteiger partial charge is 0.348 e. The van der Waals surface area contributed by atoms with E-state index in [0.29, 0.717) is 16.4 Å². The Morgan fingerprint density at radius 1 is 1.08 bits per heavy atom. The number of rotatable bonds is 1. The van der Waals surface area contributed by atoms with Gasteiger partial charge in [0.15, 0.2) is 0 Å². The van der Waals surface area contributed by atoms with Crippen LogP contribution in [0.3, 0.4) is 0 Å². The lowest BCUT2D eigenvalue weighted by molar-refractivity contribution is -0.117. The van der Waals surface area contributed by atoms with Crippen molar-refractivity contribution in [3.8, 4) is 5.69 Å². The van der Waals surface area contributed by atoms with Gasteiger partial charge in [-0.05, 0) is 30.3 Å². The Labute approximate surface area is 140 Å². The fourth-order valence-electron chi connectivity index (χ4n) is 2.81. The minimum atomic E-state index is -0.551. The van der Waals surface area contributed by atoms with Gasteiger partial charge in [0.25, 0.3) is 0 Å². The predicted molar refractivity (Wildman–Crippen MR) is 86.4 cm³/mol. The molecule has 0 spiro atoms. The molecular weight excluding hydrogens is 335 g/mol. The first-order chi connectivity index (χ1) is 11.6. The van der Waals surface area contributed by atoms with Crippen molar-refractivity contribution < 1.29 is 9.18 Å². The number of halogens is 2. The standard InChI is InChI=1S/C16H10ClFN4O2/c17-9-5-6-12-13(7-9)21(11-4-2-1-3-10(11)18)15(23)8-14-19-20-16(24)22(12)14/h1-7H,8H2,(H,20,24). The zero-order chi connectivity index (χ0) is 16.8. The van der Waals surface area contributed by atoms with Crippen LogP contribution in [0.2, 0.25) is 5.02 Å². The van der Waals surface area contributed by atoms with Gasteiger partial charge in [-0.1, -0.05) is 23.7 Å². The van der Waals surface area contributed by atoms with Crippen LogP contribution in [0.25, 0.3) is 5.69 Å². The number of para-hydroxylation sites is 1. The van der Waals surface area contributed by atoms with E-state index in [-0.39, 0.29) is 17.9 Å². The highest BCUT2D eigenvalue weighted by atomic mass is 35.5. The molecule has 3 aromatic rings. The highest BCUT2D eigenvalue weighted by Gasteiger charge is 2.30. The molecule has 120 valence electrons. The topological polar surface area (TPSA) is 71.0 Å². The van der Waals surface area contributed by atoms with Crippen molar-refractivity contribution in [3.05, 3.63) is 69.6 Å². The minimum Gasteiger partial charge on any atom is -0.276 e. The van der Waals surface area contributed by atoms with Crippen LogP contribution in [0.15, 0.2) is 47.3 Å². The zero-order valence-electron chi connectivity index (χ0n) is 12.2. The maximum Gasteiger partial charge on any atom is 0.348 e. The van der Waals surface area contributed by atoms with E-state index in [2.05, 4.69) is 10.2 Å². The third kappa shape index (κ3) is 2.13. The maximum atomic E-state index is 14.3. The molecule has 24 heavy (non-hydrogen) atoms. The lowest BCUT2D eigenvalue weighted by Crippen LogP contribution is -2.27. The first kappa shape index (κ1) is 14.6. The van der Waals surface area contributed by atoms with Gasteiger partial charge >= 0.3 is 5.69 Å². The van der Waals surface area contributed by atoms with Gasteiger partial charge in [0.2, 0.25) is 5.91 Å². The van der Waals surface area contributed by atoms with E-state index >= 15 is 0 Å². The molecule has 0 atom stereocenters. The second-order valence-electron chi connectivity index (χ2n) is 5.27. The first-order valence-electron chi connectivity index (χ1n) is 7.10. The second kappa shape index (κ2) is 5.31. The van der Waals surface area contributed by atoms with Crippen LogP contribution in [0.5, 0.6) is 0 Å². The molecule has 2 aromatic carbocycles. The predicted octanol–water partition coefficient (Wildman–Crippen LogP) is 2.57. The van der Waals surface area contributed by atoms with Crippen molar-refractivity contribution in [2.45, 2.75) is 6.42 Å². The van der Waals surface area contributed by atoms with Gasteiger partial charge in [-0.25, -0.2) is 18.9 Å². The Balaban J connectivity index is 2.05. The number of anilines is 2. The number of benzene rings is 2. The third-order valence-electron chi connectivity index (χ3n) is 3.81. The highest BCUT2D eigenvalue weighted by Crippen LogP contribution is 2.36. The van der Waals surface area contributed by atoms with Crippen molar-refractivity contribution in [3.63, 3.8) is 0 Å². The summed E-state index contributed by atoms with van der Waals surface area (Å²) in [5.74, 6) is -0.709. The fraction of sp³-hybridized carbons (Fsp3) is 0.0625. The highest BCUT2D eigenvalue weighted by molar-refractivity contribution is 6.31. The van der Waals surface area contributed by atoms with Crippen LogP contribution in [0, 0.1) is 5.82 Å². The van der Waals surface area contributed by atoms with Gasteiger partial charge in [0.05, 0.1) is 23.5 Å². The Bertz CT molecular complexity index is 1030. The average Bonchev–Trinajstić information content (AvgIpc) is 2.85. The van der Waals surface area contributed by atoms with E-state index in [4.69, 9.17) is 11.6 Å². The van der Waals surface area contributed by atoms with Crippen LogP contribution in [-0.2, 0) is 11.2 Å². The van der Waals surface area contributed by atoms with Crippen LogP contribution >= 0.6 is 11.6 Å². The van der Waals surface area contributed by atoms with E-state index in [9.17, 15) is 14.0 Å². The summed E-state index contributed by atoms with van der Waals surface area (Å²) < 4.78 is 15.6. The molecular formula is C16H10ClFN4O2. The van der Waals surface area contributed by atoms with Crippen molar-refractivity contribution in [2.24, 2.45) is 0 Å². The van der Waals surface area contributed by atoms with Crippen molar-refractivity contribution >= 4 is 28.9 Å². The lowest BCUT2D eigenvalue weighted by Gasteiger charge is -2.23. The number of hydrogen-bond acceptors (Lipinski definition) is 3. The molecule has 1 amide bonds. The number of H-pyrrole nitrogens is 1. The van der Waals surface area contributed by atoms with E-state index in [0.717, 1.165) is 0 Å². The Morgan fingerprint density at radius 2 is 1.88 bits per heavy atom. The third-order valence-corrected chi connectivity index (χ3v) is 4.05. The summed E-state index contributed by atoms with van der Waals surface area (Å²) in [4.78, 5) is 26.1. The van der Waals surface area contributed by atoms with Crippen LogP contribution in [0.1, 0.15) is 5.82 Å². The van der Waals surface area contributed by atoms with E-state index in [1.165, 1.54) is 33.7 Å². The number of nitrogens with zero attached hydrogens (tertiary/aromatic N) is 3. The summed E-state index contributed by atoms with van der Waals surface area (Å²) in [6.07, 6.45) is -0.153. The number of carbonyl (C=O) groups is 1. The quantitative estimate of drug-likeness (QED) is 0.737. The van der Waals surface area contributed by atoms with Gasteiger partial charge in [-0.15, -0.1) is 0 Å². The molecule has 1 N–H and O–H groups in total. The molecule has 0 unspecified atom stereocenters. The smallest absolute Gasteiger partial charge is 0.276 e. The number of amides is 1. The van der Waals surface area contributed by atoms with Gasteiger partial charge in [0, 0.05) is 5.02 Å². The van der Waals surface area contributed by atoms with Crippen molar-refractivity contribution in [2.75, 3.05) is 4.90 Å². The van der Waals surface area contributed by atoms with E-state index in [1.807, 2.05) is 0 Å². The number of aromatic nitrogens is 3. The Hall–Kier alpha value is -2.93. The molecule has 4 rings (SSSR count). The Kier molecular flexibility index (Phi) is 3.24. The fourth-order valence-corrected chi connectivity index (χ4v) is 2.97. The second-order valence-corrected chi connectivity index (χ2v) is 5.71. The molecule has 1 aliphatic heterocycles. The van der Waals surface area contributed by atoms with E-state index < -0.39 is 17.4 Å². The number of fused-ring (bicyclic) bond motifs is 3. The van der Waals surface area contributed by atoms with Gasteiger partial charge in [-0.2, -0.15) is 5.10 Å². The molecule has 0 saturated heterocycles. The molecule has 0 bridgehead atoms. The number of hydrogen-bond donors (Lipinski definition) is 1. The summed E-state index contributed by atoms with van der Waals surface area (Å²) in [6, 6.07) is 10.7. The molecule has 1 aromatic heterocycles. The monoisotopic (exact) mass is 344 g/mol. The molecule has 1 aliphatic rings. The van der Waals surface area contributed by atoms with E-state index in [1.54, 1.807) is 18.2 Å². The van der Waals surface area contributed by atoms with Gasteiger partial charge in [0.1, 0.15) is 11.6 Å². The normalized spacial score (nSPS) is 13.4. The number of carbonyl (C=O) groups excluding carboxylic acids is 1.